The Kier molecular flexibility index (Phi) is 5.79. The van der Waals surface area contributed by atoms with E-state index in [2.05, 4.69) is 5.32 Å². The van der Waals surface area contributed by atoms with E-state index < -0.39 is 23.6 Å². The molecule has 0 saturated carbocycles. The van der Waals surface area contributed by atoms with Crippen molar-refractivity contribution < 1.29 is 19.1 Å². The molecule has 0 aliphatic rings. The lowest BCUT2D eigenvalue weighted by atomic mass is 9.93. The van der Waals surface area contributed by atoms with Gasteiger partial charge in [-0.25, -0.2) is 4.79 Å². The van der Waals surface area contributed by atoms with Crippen LogP contribution >= 0.6 is 0 Å². The highest BCUT2D eigenvalue weighted by atomic mass is 16.6. The van der Waals surface area contributed by atoms with Gasteiger partial charge in [0.05, 0.1) is 7.11 Å². The van der Waals surface area contributed by atoms with Crippen LogP contribution in [0.2, 0.25) is 0 Å². The highest BCUT2D eigenvalue weighted by Gasteiger charge is 2.28. The normalized spacial score (nSPS) is 13.9. The summed E-state index contributed by atoms with van der Waals surface area (Å²) in [6, 6.07) is 6.38. The summed E-state index contributed by atoms with van der Waals surface area (Å²) in [5.41, 5.74) is 5.63. The second-order valence-corrected chi connectivity index (χ2v) is 6.09. The Morgan fingerprint density at radius 3 is 2.14 bits per heavy atom. The Hall–Kier alpha value is -2.24. The van der Waals surface area contributed by atoms with E-state index in [9.17, 15) is 9.59 Å². The number of nitrogens with two attached hydrogens (primary N) is 1. The standard InChI is InChI=1S/C16H24N2O4/c1-10(11-6-8-12(21-5)9-7-11)13(14(17)19)18-15(20)22-16(2,3)4/h6-10,13H,1-5H3,(H2,17,19)(H,18,20)/t10-,13+/m1/s1. The second-order valence-electron chi connectivity index (χ2n) is 6.09. The van der Waals surface area contributed by atoms with E-state index in [-0.39, 0.29) is 5.92 Å². The molecule has 0 aliphatic carbocycles. The van der Waals surface area contributed by atoms with E-state index in [0.29, 0.717) is 5.75 Å². The van der Waals surface area contributed by atoms with Gasteiger partial charge < -0.3 is 20.5 Å². The summed E-state index contributed by atoms with van der Waals surface area (Å²) >= 11 is 0. The SMILES string of the molecule is COc1ccc([C@@H](C)[C@H](NC(=O)OC(C)(C)C)C(N)=O)cc1. The van der Waals surface area contributed by atoms with Crippen molar-refractivity contribution in [3.8, 4) is 5.75 Å². The van der Waals surface area contributed by atoms with E-state index in [0.717, 1.165) is 5.56 Å². The van der Waals surface area contributed by atoms with E-state index in [1.807, 2.05) is 19.1 Å². The van der Waals surface area contributed by atoms with Gasteiger partial charge in [0.1, 0.15) is 17.4 Å². The molecule has 0 radical (unpaired) electrons. The van der Waals surface area contributed by atoms with Gasteiger partial charge in [-0.3, -0.25) is 4.79 Å². The van der Waals surface area contributed by atoms with Crippen LogP contribution in [-0.4, -0.2) is 30.8 Å². The van der Waals surface area contributed by atoms with Gasteiger partial charge in [0.15, 0.2) is 0 Å². The summed E-state index contributed by atoms with van der Waals surface area (Å²) in [7, 11) is 1.58. The van der Waals surface area contributed by atoms with Gasteiger partial charge in [0.2, 0.25) is 5.91 Å². The van der Waals surface area contributed by atoms with Crippen LogP contribution in [0.4, 0.5) is 4.79 Å². The van der Waals surface area contributed by atoms with Crippen molar-refractivity contribution in [3.05, 3.63) is 29.8 Å². The van der Waals surface area contributed by atoms with Gasteiger partial charge in [-0.2, -0.15) is 0 Å². The third kappa shape index (κ3) is 5.27. The largest absolute Gasteiger partial charge is 0.497 e. The van der Waals surface area contributed by atoms with Crippen molar-refractivity contribution in [2.24, 2.45) is 5.73 Å². The lowest BCUT2D eigenvalue weighted by molar-refractivity contribution is -0.120. The Morgan fingerprint density at radius 2 is 1.73 bits per heavy atom. The maximum Gasteiger partial charge on any atom is 0.408 e. The number of amides is 2. The first kappa shape index (κ1) is 17.8. The second kappa shape index (κ2) is 7.15. The third-order valence-corrected chi connectivity index (χ3v) is 3.12. The minimum Gasteiger partial charge on any atom is -0.497 e. The lowest BCUT2D eigenvalue weighted by Crippen LogP contribution is -2.49. The van der Waals surface area contributed by atoms with Gasteiger partial charge in [0.25, 0.3) is 0 Å². The molecule has 3 N–H and O–H groups in total. The summed E-state index contributed by atoms with van der Waals surface area (Å²) in [6.45, 7) is 7.06. The average Bonchev–Trinajstić information content (AvgIpc) is 2.42. The Morgan fingerprint density at radius 1 is 1.18 bits per heavy atom. The molecule has 0 unspecified atom stereocenters. The van der Waals surface area contributed by atoms with Crippen LogP contribution in [0.15, 0.2) is 24.3 Å². The predicted octanol–water partition coefficient (Wildman–Crippen LogP) is 2.18. The fraction of sp³-hybridized carbons (Fsp3) is 0.500. The highest BCUT2D eigenvalue weighted by Crippen LogP contribution is 2.22. The molecular formula is C16H24N2O4. The van der Waals surface area contributed by atoms with Crippen LogP contribution in [0.5, 0.6) is 5.75 Å². The van der Waals surface area contributed by atoms with Crippen LogP contribution in [0.25, 0.3) is 0 Å². The van der Waals surface area contributed by atoms with Gasteiger partial charge in [0, 0.05) is 5.92 Å². The molecule has 0 fully saturated rings. The van der Waals surface area contributed by atoms with Gasteiger partial charge in [-0.15, -0.1) is 0 Å². The molecule has 1 aromatic carbocycles. The highest BCUT2D eigenvalue weighted by molar-refractivity contribution is 5.85. The number of carbonyl (C=O) groups excluding carboxylic acids is 2. The maximum atomic E-state index is 11.8. The molecule has 2 amide bonds. The van der Waals surface area contributed by atoms with E-state index in [4.69, 9.17) is 15.2 Å². The molecule has 0 spiro atoms. The monoisotopic (exact) mass is 308 g/mol. The van der Waals surface area contributed by atoms with Crippen LogP contribution in [0.1, 0.15) is 39.2 Å². The minimum atomic E-state index is -0.858. The number of benzene rings is 1. The maximum absolute atomic E-state index is 11.8. The summed E-state index contributed by atoms with van der Waals surface area (Å²) in [5.74, 6) is -0.197. The smallest absolute Gasteiger partial charge is 0.408 e. The van der Waals surface area contributed by atoms with Crippen LogP contribution in [0, 0.1) is 0 Å². The molecule has 6 nitrogen and oxygen atoms in total. The molecule has 6 heteroatoms. The molecule has 122 valence electrons. The minimum absolute atomic E-state index is 0.295. The van der Waals surface area contributed by atoms with Crippen molar-refractivity contribution in [1.82, 2.24) is 5.32 Å². The fourth-order valence-corrected chi connectivity index (χ4v) is 1.98. The van der Waals surface area contributed by atoms with Crippen molar-refractivity contribution in [2.75, 3.05) is 7.11 Å². The summed E-state index contributed by atoms with van der Waals surface area (Å²) < 4.78 is 10.3. The van der Waals surface area contributed by atoms with Crippen molar-refractivity contribution in [2.45, 2.75) is 45.3 Å². The quantitative estimate of drug-likeness (QED) is 0.872. The van der Waals surface area contributed by atoms with Crippen LogP contribution < -0.4 is 15.8 Å². The topological polar surface area (TPSA) is 90.7 Å². The van der Waals surface area contributed by atoms with Crippen molar-refractivity contribution in [1.29, 1.82) is 0 Å². The number of hydrogen-bond acceptors (Lipinski definition) is 4. The van der Waals surface area contributed by atoms with Gasteiger partial charge in [-0.05, 0) is 38.5 Å². The summed E-state index contributed by atoms with van der Waals surface area (Å²) in [5, 5.41) is 2.53. The van der Waals surface area contributed by atoms with Crippen molar-refractivity contribution >= 4 is 12.0 Å². The molecule has 0 heterocycles. The lowest BCUT2D eigenvalue weighted by Gasteiger charge is -2.25. The summed E-state index contributed by atoms with van der Waals surface area (Å²) in [6.07, 6.45) is -0.670. The van der Waals surface area contributed by atoms with Crippen LogP contribution in [0.3, 0.4) is 0 Å². The Balaban J connectivity index is 2.85. The fourth-order valence-electron chi connectivity index (χ4n) is 1.98. The van der Waals surface area contributed by atoms with E-state index in [1.54, 1.807) is 40.0 Å². The number of alkyl carbamates (subject to hydrolysis) is 1. The number of primary amides is 1. The predicted molar refractivity (Wildman–Crippen MR) is 83.8 cm³/mol. The van der Waals surface area contributed by atoms with Crippen molar-refractivity contribution in [3.63, 3.8) is 0 Å². The zero-order chi connectivity index (χ0) is 16.9. The van der Waals surface area contributed by atoms with Gasteiger partial charge >= 0.3 is 6.09 Å². The zero-order valence-electron chi connectivity index (χ0n) is 13.7. The number of hydrogen-bond donors (Lipinski definition) is 2. The molecule has 2 atom stereocenters. The molecule has 0 aromatic heterocycles. The number of methoxy groups -OCH3 is 1. The molecule has 1 aromatic rings. The van der Waals surface area contributed by atoms with Crippen LogP contribution in [-0.2, 0) is 9.53 Å². The number of ether oxygens (including phenoxy) is 2. The first-order chi connectivity index (χ1) is 10.1. The molecule has 0 aliphatic heterocycles. The number of carbonyl (C=O) groups is 2. The number of rotatable bonds is 5. The molecule has 0 saturated heterocycles. The third-order valence-electron chi connectivity index (χ3n) is 3.12. The average molecular weight is 308 g/mol. The zero-order valence-corrected chi connectivity index (χ0v) is 13.7. The Labute approximate surface area is 131 Å². The molecule has 0 bridgehead atoms. The molecular weight excluding hydrogens is 284 g/mol. The van der Waals surface area contributed by atoms with E-state index >= 15 is 0 Å². The molecule has 1 rings (SSSR count). The van der Waals surface area contributed by atoms with E-state index in [1.165, 1.54) is 0 Å². The molecule has 22 heavy (non-hydrogen) atoms. The number of nitrogens with one attached hydrogen (secondary N) is 1. The summed E-state index contributed by atoms with van der Waals surface area (Å²) in [4.78, 5) is 23.5. The first-order valence-corrected chi connectivity index (χ1v) is 7.07. The Bertz CT molecular complexity index is 520. The first-order valence-electron chi connectivity index (χ1n) is 7.07. The van der Waals surface area contributed by atoms with Gasteiger partial charge in [-0.1, -0.05) is 19.1 Å².